The molecule has 1 amide bonds. The number of guanidine groups is 1. The molecule has 1 aliphatic carbocycles. The van der Waals surface area contributed by atoms with E-state index in [1.165, 1.54) is 0 Å². The molecule has 1 aromatic carbocycles. The third-order valence-corrected chi connectivity index (χ3v) is 3.66. The van der Waals surface area contributed by atoms with Crippen LogP contribution in [0.4, 0.5) is 0 Å². The second kappa shape index (κ2) is 4.44. The van der Waals surface area contributed by atoms with Gasteiger partial charge in [-0.15, -0.1) is 0 Å². The molecule has 1 atom stereocenters. The summed E-state index contributed by atoms with van der Waals surface area (Å²) in [4.78, 5) is 16.2. The molecule has 2 N–H and O–H groups in total. The lowest BCUT2D eigenvalue weighted by Crippen LogP contribution is -2.37. The number of benzene rings is 1. The highest BCUT2D eigenvalue weighted by molar-refractivity contribution is 6.42. The van der Waals surface area contributed by atoms with Gasteiger partial charge in [-0.25, -0.2) is 4.99 Å². The van der Waals surface area contributed by atoms with Crippen molar-refractivity contribution in [1.82, 2.24) is 10.6 Å². The number of carbonyl (C=O) groups excluding carboxylic acids is 1. The van der Waals surface area contributed by atoms with Crippen molar-refractivity contribution in [3.05, 3.63) is 33.8 Å². The van der Waals surface area contributed by atoms with E-state index in [1.807, 2.05) is 0 Å². The van der Waals surface area contributed by atoms with Gasteiger partial charge >= 0.3 is 0 Å². The summed E-state index contributed by atoms with van der Waals surface area (Å²) in [6.07, 6.45) is 2.26. The molecular formula is C12H11Cl2N3O. The van der Waals surface area contributed by atoms with Gasteiger partial charge in [-0.05, 0) is 30.5 Å². The van der Waals surface area contributed by atoms with E-state index < -0.39 is 6.04 Å². The van der Waals surface area contributed by atoms with Gasteiger partial charge in [0.25, 0.3) is 5.91 Å². The van der Waals surface area contributed by atoms with Crippen LogP contribution in [0.15, 0.2) is 23.2 Å². The maximum atomic E-state index is 11.8. The van der Waals surface area contributed by atoms with E-state index in [2.05, 4.69) is 15.6 Å². The quantitative estimate of drug-likeness (QED) is 0.875. The lowest BCUT2D eigenvalue weighted by Gasteiger charge is -2.05. The molecule has 1 fully saturated rings. The van der Waals surface area contributed by atoms with Crippen LogP contribution in [0.3, 0.4) is 0 Å². The van der Waals surface area contributed by atoms with Crippen molar-refractivity contribution < 1.29 is 4.79 Å². The van der Waals surface area contributed by atoms with Gasteiger partial charge in [0.05, 0.1) is 10.0 Å². The van der Waals surface area contributed by atoms with Crippen molar-refractivity contribution >= 4 is 35.1 Å². The third kappa shape index (κ3) is 2.31. The zero-order valence-corrected chi connectivity index (χ0v) is 10.9. The van der Waals surface area contributed by atoms with Crippen molar-refractivity contribution in [2.75, 3.05) is 0 Å². The Labute approximate surface area is 114 Å². The number of nitrogens with one attached hydrogen (secondary N) is 2. The summed E-state index contributed by atoms with van der Waals surface area (Å²) in [6.45, 7) is 0. The molecule has 4 nitrogen and oxygen atoms in total. The van der Waals surface area contributed by atoms with Gasteiger partial charge in [-0.1, -0.05) is 29.3 Å². The first-order chi connectivity index (χ1) is 8.63. The SMILES string of the molecule is O=C1NC(NC2CC2)=NC1c1ccc(Cl)c(Cl)c1. The molecule has 0 spiro atoms. The van der Waals surface area contributed by atoms with Gasteiger partial charge < -0.3 is 5.32 Å². The normalized spacial score (nSPS) is 22.7. The molecule has 6 heteroatoms. The molecule has 0 saturated heterocycles. The first-order valence-corrected chi connectivity index (χ1v) is 6.49. The summed E-state index contributed by atoms with van der Waals surface area (Å²) >= 11 is 11.8. The number of aliphatic imine (C=N–C) groups is 1. The molecule has 18 heavy (non-hydrogen) atoms. The number of hydrogen-bond acceptors (Lipinski definition) is 3. The summed E-state index contributed by atoms with van der Waals surface area (Å²) in [5.41, 5.74) is 0.745. The van der Waals surface area contributed by atoms with E-state index in [-0.39, 0.29) is 5.91 Å². The first kappa shape index (κ1) is 11.8. The van der Waals surface area contributed by atoms with Gasteiger partial charge in [-0.3, -0.25) is 10.1 Å². The minimum atomic E-state index is -0.541. The Morgan fingerprint density at radius 1 is 1.28 bits per heavy atom. The van der Waals surface area contributed by atoms with E-state index in [4.69, 9.17) is 23.2 Å². The zero-order chi connectivity index (χ0) is 12.7. The highest BCUT2D eigenvalue weighted by atomic mass is 35.5. The number of rotatable bonds is 2. The predicted molar refractivity (Wildman–Crippen MR) is 70.9 cm³/mol. The van der Waals surface area contributed by atoms with Crippen LogP contribution in [0, 0.1) is 0 Å². The summed E-state index contributed by atoms with van der Waals surface area (Å²) in [5.74, 6) is 0.412. The smallest absolute Gasteiger partial charge is 0.256 e. The Morgan fingerprint density at radius 2 is 2.06 bits per heavy atom. The van der Waals surface area contributed by atoms with E-state index in [0.29, 0.717) is 22.0 Å². The maximum absolute atomic E-state index is 11.8. The Balaban J connectivity index is 1.83. The molecule has 1 aromatic rings. The fourth-order valence-electron chi connectivity index (χ4n) is 1.81. The Kier molecular flexibility index (Phi) is 2.92. The molecular weight excluding hydrogens is 273 g/mol. The Hall–Kier alpha value is -1.26. The number of carbonyl (C=O) groups is 1. The highest BCUT2D eigenvalue weighted by Gasteiger charge is 2.31. The van der Waals surface area contributed by atoms with E-state index in [1.54, 1.807) is 18.2 Å². The molecule has 1 saturated carbocycles. The standard InChI is InChI=1S/C12H11Cl2N3O/c13-8-4-1-6(5-9(8)14)10-11(18)17-12(16-10)15-7-2-3-7/h1,4-5,7,10H,2-3H2,(H2,15,16,17,18). The van der Waals surface area contributed by atoms with Gasteiger partial charge in [0, 0.05) is 6.04 Å². The summed E-state index contributed by atoms with van der Waals surface area (Å²) < 4.78 is 0. The Morgan fingerprint density at radius 3 is 2.72 bits per heavy atom. The average Bonchev–Trinajstić information content (AvgIpc) is 3.06. The maximum Gasteiger partial charge on any atom is 0.256 e. The lowest BCUT2D eigenvalue weighted by molar-refractivity contribution is -0.120. The van der Waals surface area contributed by atoms with Crippen LogP contribution < -0.4 is 10.6 Å². The van der Waals surface area contributed by atoms with Crippen LogP contribution in [0.2, 0.25) is 10.0 Å². The van der Waals surface area contributed by atoms with Gasteiger partial charge in [0.2, 0.25) is 0 Å². The van der Waals surface area contributed by atoms with E-state index in [0.717, 1.165) is 18.4 Å². The van der Waals surface area contributed by atoms with Crippen molar-refractivity contribution in [2.24, 2.45) is 4.99 Å². The fraction of sp³-hybridized carbons (Fsp3) is 0.333. The summed E-state index contributed by atoms with van der Waals surface area (Å²) in [6, 6.07) is 5.03. The second-order valence-electron chi connectivity index (χ2n) is 4.46. The molecule has 3 rings (SSSR count). The van der Waals surface area contributed by atoms with Crippen molar-refractivity contribution in [3.63, 3.8) is 0 Å². The van der Waals surface area contributed by atoms with E-state index >= 15 is 0 Å². The summed E-state index contributed by atoms with van der Waals surface area (Å²) in [7, 11) is 0. The van der Waals surface area contributed by atoms with Crippen molar-refractivity contribution in [1.29, 1.82) is 0 Å². The summed E-state index contributed by atoms with van der Waals surface area (Å²) in [5, 5.41) is 6.80. The van der Waals surface area contributed by atoms with Gasteiger partial charge in [0.15, 0.2) is 12.0 Å². The van der Waals surface area contributed by atoms with Crippen molar-refractivity contribution in [2.45, 2.75) is 24.9 Å². The third-order valence-electron chi connectivity index (χ3n) is 2.93. The van der Waals surface area contributed by atoms with Gasteiger partial charge in [-0.2, -0.15) is 0 Å². The molecule has 1 aliphatic heterocycles. The number of hydrogen-bond donors (Lipinski definition) is 2. The predicted octanol–water partition coefficient (Wildman–Crippen LogP) is 2.27. The minimum absolute atomic E-state index is 0.142. The average molecular weight is 284 g/mol. The molecule has 2 aliphatic rings. The first-order valence-electron chi connectivity index (χ1n) is 5.73. The van der Waals surface area contributed by atoms with Crippen LogP contribution in [0.1, 0.15) is 24.4 Å². The largest absolute Gasteiger partial charge is 0.353 e. The topological polar surface area (TPSA) is 53.5 Å². The number of nitrogens with zero attached hydrogens (tertiary/aromatic N) is 1. The molecule has 0 aromatic heterocycles. The van der Waals surface area contributed by atoms with Crippen LogP contribution in [-0.2, 0) is 4.79 Å². The monoisotopic (exact) mass is 283 g/mol. The Bertz CT molecular complexity index is 540. The molecule has 0 bridgehead atoms. The molecule has 0 radical (unpaired) electrons. The van der Waals surface area contributed by atoms with Crippen LogP contribution in [0.5, 0.6) is 0 Å². The highest BCUT2D eigenvalue weighted by Crippen LogP contribution is 2.29. The number of amides is 1. The van der Waals surface area contributed by atoms with E-state index in [9.17, 15) is 4.79 Å². The zero-order valence-electron chi connectivity index (χ0n) is 9.41. The second-order valence-corrected chi connectivity index (χ2v) is 5.28. The van der Waals surface area contributed by atoms with Crippen LogP contribution >= 0.6 is 23.2 Å². The number of halogens is 2. The van der Waals surface area contributed by atoms with Crippen molar-refractivity contribution in [3.8, 4) is 0 Å². The molecule has 94 valence electrons. The minimum Gasteiger partial charge on any atom is -0.353 e. The fourth-order valence-corrected chi connectivity index (χ4v) is 2.11. The van der Waals surface area contributed by atoms with Crippen LogP contribution in [-0.4, -0.2) is 17.9 Å². The van der Waals surface area contributed by atoms with Crippen LogP contribution in [0.25, 0.3) is 0 Å². The lowest BCUT2D eigenvalue weighted by atomic mass is 10.1. The van der Waals surface area contributed by atoms with Gasteiger partial charge in [0.1, 0.15) is 0 Å². The molecule has 1 heterocycles. The molecule has 1 unspecified atom stereocenters.